The zero-order valence-corrected chi connectivity index (χ0v) is 17.3. The van der Waals surface area contributed by atoms with Crippen molar-refractivity contribution >= 4 is 11.6 Å². The molecule has 0 spiro atoms. The second-order valence-corrected chi connectivity index (χ2v) is 8.57. The lowest BCUT2D eigenvalue weighted by atomic mass is 9.73. The van der Waals surface area contributed by atoms with Crippen LogP contribution in [0.2, 0.25) is 0 Å². The van der Waals surface area contributed by atoms with Gasteiger partial charge in [-0.2, -0.15) is 5.10 Å². The Morgan fingerprint density at radius 3 is 2.47 bits per heavy atom. The predicted octanol–water partition coefficient (Wildman–Crippen LogP) is 4.53. The van der Waals surface area contributed by atoms with E-state index in [9.17, 15) is 14.9 Å². The molecule has 3 aromatic rings. The lowest BCUT2D eigenvalue weighted by Crippen LogP contribution is -2.37. The van der Waals surface area contributed by atoms with Crippen molar-refractivity contribution in [3.8, 4) is 5.69 Å². The van der Waals surface area contributed by atoms with E-state index < -0.39 is 4.92 Å². The van der Waals surface area contributed by atoms with E-state index in [0.29, 0.717) is 5.56 Å². The van der Waals surface area contributed by atoms with Crippen molar-refractivity contribution in [2.75, 3.05) is 0 Å². The van der Waals surface area contributed by atoms with E-state index in [0.717, 1.165) is 35.5 Å². The Balaban J connectivity index is 1.68. The molecule has 30 heavy (non-hydrogen) atoms. The molecule has 0 fully saturated rings. The van der Waals surface area contributed by atoms with Crippen LogP contribution in [0.1, 0.15) is 53.6 Å². The molecule has 1 aliphatic rings. The Kier molecular flexibility index (Phi) is 4.89. The van der Waals surface area contributed by atoms with Crippen molar-refractivity contribution in [2.24, 2.45) is 5.41 Å². The van der Waals surface area contributed by atoms with Crippen molar-refractivity contribution < 1.29 is 9.72 Å². The van der Waals surface area contributed by atoms with Crippen molar-refractivity contribution in [2.45, 2.75) is 39.7 Å². The van der Waals surface area contributed by atoms with E-state index in [1.165, 1.54) is 24.3 Å². The molecule has 0 bridgehead atoms. The molecule has 1 amide bonds. The Morgan fingerprint density at radius 1 is 1.17 bits per heavy atom. The van der Waals surface area contributed by atoms with Gasteiger partial charge in [0.15, 0.2) is 0 Å². The number of hydrogen-bond acceptors (Lipinski definition) is 4. The summed E-state index contributed by atoms with van der Waals surface area (Å²) in [5.74, 6) is -0.245. The molecule has 0 saturated heterocycles. The zero-order chi connectivity index (χ0) is 21.5. The van der Waals surface area contributed by atoms with Gasteiger partial charge in [0.2, 0.25) is 0 Å². The topological polar surface area (TPSA) is 90.1 Å². The SMILES string of the molecule is Cc1nn(-c2ccccc2)c2c1C(NC(=O)c1ccc([N+](=O)[O-])cc1)CC(C)(C)C2. The summed E-state index contributed by atoms with van der Waals surface area (Å²) < 4.78 is 1.98. The first-order valence-corrected chi connectivity index (χ1v) is 9.94. The maximum atomic E-state index is 12.9. The summed E-state index contributed by atoms with van der Waals surface area (Å²) in [5.41, 5.74) is 4.43. The van der Waals surface area contributed by atoms with Crippen LogP contribution in [-0.4, -0.2) is 20.6 Å². The Hall–Kier alpha value is -3.48. The predicted molar refractivity (Wildman–Crippen MR) is 114 cm³/mol. The number of benzene rings is 2. The van der Waals surface area contributed by atoms with Crippen molar-refractivity contribution in [3.63, 3.8) is 0 Å². The highest BCUT2D eigenvalue weighted by Crippen LogP contribution is 2.42. The number of fused-ring (bicyclic) bond motifs is 1. The van der Waals surface area contributed by atoms with E-state index in [1.807, 2.05) is 41.9 Å². The zero-order valence-electron chi connectivity index (χ0n) is 17.3. The highest BCUT2D eigenvalue weighted by molar-refractivity contribution is 5.94. The third kappa shape index (κ3) is 3.70. The number of amides is 1. The van der Waals surface area contributed by atoms with Crippen LogP contribution in [0.3, 0.4) is 0 Å². The number of aryl methyl sites for hydroxylation is 1. The van der Waals surface area contributed by atoms with Gasteiger partial charge in [-0.3, -0.25) is 14.9 Å². The number of rotatable bonds is 4. The van der Waals surface area contributed by atoms with Crippen LogP contribution >= 0.6 is 0 Å². The van der Waals surface area contributed by atoms with E-state index in [1.54, 1.807) is 0 Å². The highest BCUT2D eigenvalue weighted by Gasteiger charge is 2.37. The van der Waals surface area contributed by atoms with Gasteiger partial charge in [0.1, 0.15) is 0 Å². The van der Waals surface area contributed by atoms with Crippen LogP contribution in [0.15, 0.2) is 54.6 Å². The molecule has 1 aromatic heterocycles. The van der Waals surface area contributed by atoms with Gasteiger partial charge < -0.3 is 5.32 Å². The van der Waals surface area contributed by atoms with Crippen LogP contribution in [0.4, 0.5) is 5.69 Å². The third-order valence-corrected chi connectivity index (χ3v) is 5.60. The number of carbonyl (C=O) groups is 1. The molecular formula is C23H24N4O3. The van der Waals surface area contributed by atoms with Crippen LogP contribution in [0.25, 0.3) is 5.69 Å². The lowest BCUT2D eigenvalue weighted by molar-refractivity contribution is -0.384. The van der Waals surface area contributed by atoms with Gasteiger partial charge in [-0.05, 0) is 49.4 Å². The van der Waals surface area contributed by atoms with Gasteiger partial charge in [-0.1, -0.05) is 32.0 Å². The maximum Gasteiger partial charge on any atom is 0.269 e. The molecule has 1 atom stereocenters. The molecule has 1 N–H and O–H groups in total. The molecule has 0 saturated carbocycles. The van der Waals surface area contributed by atoms with Gasteiger partial charge in [-0.15, -0.1) is 0 Å². The maximum absolute atomic E-state index is 12.9. The lowest BCUT2D eigenvalue weighted by Gasteiger charge is -2.36. The highest BCUT2D eigenvalue weighted by atomic mass is 16.6. The quantitative estimate of drug-likeness (QED) is 0.511. The summed E-state index contributed by atoms with van der Waals surface area (Å²) in [6, 6.07) is 15.5. The Labute approximate surface area is 174 Å². The number of carbonyl (C=O) groups excluding carboxylic acids is 1. The van der Waals surface area contributed by atoms with Crippen LogP contribution in [0, 0.1) is 22.5 Å². The standard InChI is InChI=1S/C23H24N4O3/c1-15-21-19(24-22(28)16-9-11-18(12-10-16)27(29)30)13-23(2,3)14-20(21)26(25-15)17-7-5-4-6-8-17/h4-12,19H,13-14H2,1-3H3,(H,24,28). The minimum absolute atomic E-state index is 0.0145. The minimum atomic E-state index is -0.473. The minimum Gasteiger partial charge on any atom is -0.345 e. The number of hydrogen-bond donors (Lipinski definition) is 1. The summed E-state index contributed by atoms with van der Waals surface area (Å²) in [6.45, 7) is 6.36. The number of non-ortho nitro benzene ring substituents is 1. The molecule has 1 aliphatic carbocycles. The number of nitro benzene ring substituents is 1. The van der Waals surface area contributed by atoms with Gasteiger partial charge >= 0.3 is 0 Å². The van der Waals surface area contributed by atoms with E-state index in [2.05, 4.69) is 19.2 Å². The first kappa shape index (κ1) is 19.8. The van der Waals surface area contributed by atoms with Crippen LogP contribution in [0.5, 0.6) is 0 Å². The van der Waals surface area contributed by atoms with Crippen LogP contribution < -0.4 is 5.32 Å². The van der Waals surface area contributed by atoms with Gasteiger partial charge in [0.05, 0.1) is 28.0 Å². The monoisotopic (exact) mass is 404 g/mol. The van der Waals surface area contributed by atoms with E-state index in [4.69, 9.17) is 5.10 Å². The largest absolute Gasteiger partial charge is 0.345 e. The second-order valence-electron chi connectivity index (χ2n) is 8.57. The van der Waals surface area contributed by atoms with Crippen molar-refractivity contribution in [3.05, 3.63) is 87.2 Å². The molecule has 0 aliphatic heterocycles. The number of aromatic nitrogens is 2. The first-order chi connectivity index (χ1) is 14.2. The second kappa shape index (κ2) is 7.40. The summed E-state index contributed by atoms with van der Waals surface area (Å²) in [6.07, 6.45) is 1.65. The first-order valence-electron chi connectivity index (χ1n) is 9.94. The normalized spacial score (nSPS) is 17.2. The van der Waals surface area contributed by atoms with E-state index >= 15 is 0 Å². The smallest absolute Gasteiger partial charge is 0.269 e. The van der Waals surface area contributed by atoms with Crippen LogP contribution in [-0.2, 0) is 6.42 Å². The molecule has 4 rings (SSSR count). The molecule has 1 heterocycles. The summed E-state index contributed by atoms with van der Waals surface area (Å²) in [4.78, 5) is 23.3. The van der Waals surface area contributed by atoms with E-state index in [-0.39, 0.29) is 23.1 Å². The molecule has 7 nitrogen and oxygen atoms in total. The number of para-hydroxylation sites is 1. The third-order valence-electron chi connectivity index (χ3n) is 5.60. The van der Waals surface area contributed by atoms with Gasteiger partial charge in [0.25, 0.3) is 11.6 Å². The molecule has 2 aromatic carbocycles. The number of nitrogens with zero attached hydrogens (tertiary/aromatic N) is 3. The molecule has 154 valence electrons. The fourth-order valence-corrected chi connectivity index (χ4v) is 4.27. The number of nitro groups is 1. The summed E-state index contributed by atoms with van der Waals surface area (Å²) in [7, 11) is 0. The van der Waals surface area contributed by atoms with Gasteiger partial charge in [-0.25, -0.2) is 4.68 Å². The average molecular weight is 404 g/mol. The molecular weight excluding hydrogens is 380 g/mol. The molecule has 7 heteroatoms. The Bertz CT molecular complexity index is 1100. The average Bonchev–Trinajstić information content (AvgIpc) is 3.03. The molecule has 0 radical (unpaired) electrons. The number of nitrogens with one attached hydrogen (secondary N) is 1. The summed E-state index contributed by atoms with van der Waals surface area (Å²) in [5, 5.41) is 18.8. The summed E-state index contributed by atoms with van der Waals surface area (Å²) >= 11 is 0. The molecule has 1 unspecified atom stereocenters. The fraction of sp³-hybridized carbons (Fsp3) is 0.304. The fourth-order valence-electron chi connectivity index (χ4n) is 4.27. The Morgan fingerprint density at radius 2 is 1.83 bits per heavy atom. The van der Waals surface area contributed by atoms with Crippen molar-refractivity contribution in [1.29, 1.82) is 0 Å². The van der Waals surface area contributed by atoms with Gasteiger partial charge in [0, 0.05) is 23.3 Å². The van der Waals surface area contributed by atoms with Crippen molar-refractivity contribution in [1.82, 2.24) is 15.1 Å².